The summed E-state index contributed by atoms with van der Waals surface area (Å²) in [5.41, 5.74) is 0.676. The number of rotatable bonds is 7. The molecule has 1 heterocycles. The third kappa shape index (κ3) is 3.82. The Morgan fingerprint density at radius 2 is 2.26 bits per heavy atom. The van der Waals surface area contributed by atoms with Crippen molar-refractivity contribution in [1.82, 2.24) is 20.2 Å². The van der Waals surface area contributed by atoms with Crippen molar-refractivity contribution in [1.29, 1.82) is 0 Å². The Morgan fingerprint density at radius 1 is 1.48 bits per heavy atom. The number of carbonyl (C=O) groups excluding carboxylic acids is 1. The number of nitrogens with one attached hydrogen (secondary N) is 1. The van der Waals surface area contributed by atoms with Crippen LogP contribution in [0.15, 0.2) is 24.3 Å². The monoisotopic (exact) mass is 333 g/mol. The summed E-state index contributed by atoms with van der Waals surface area (Å²) in [5.74, 6) is 2.03. The molecule has 8 heteroatoms. The number of hydrogen-bond donors (Lipinski definition) is 1. The van der Waals surface area contributed by atoms with Crippen molar-refractivity contribution in [3.63, 3.8) is 0 Å². The van der Waals surface area contributed by atoms with Crippen LogP contribution in [0.2, 0.25) is 0 Å². The summed E-state index contributed by atoms with van der Waals surface area (Å²) in [6.07, 6.45) is 2.26. The van der Waals surface area contributed by atoms with Crippen molar-refractivity contribution in [3.8, 4) is 5.75 Å². The van der Waals surface area contributed by atoms with Gasteiger partial charge in [0.2, 0.25) is 5.91 Å². The van der Waals surface area contributed by atoms with Gasteiger partial charge in [-0.2, -0.15) is 0 Å². The van der Waals surface area contributed by atoms with Crippen LogP contribution in [0.3, 0.4) is 0 Å². The molecule has 3 rings (SSSR count). The zero-order valence-electron chi connectivity index (χ0n) is 13.1. The van der Waals surface area contributed by atoms with Gasteiger partial charge in [0.1, 0.15) is 5.75 Å². The second-order valence-electron chi connectivity index (χ2n) is 5.41. The van der Waals surface area contributed by atoms with Crippen LogP contribution < -0.4 is 10.1 Å². The van der Waals surface area contributed by atoms with Crippen molar-refractivity contribution in [2.45, 2.75) is 36.8 Å². The molecular formula is C15H19N5O2S. The Balaban J connectivity index is 1.56. The zero-order chi connectivity index (χ0) is 16.2. The maximum Gasteiger partial charge on any atom is 0.237 e. The minimum atomic E-state index is -0.218. The lowest BCUT2D eigenvalue weighted by molar-refractivity contribution is -0.115. The molecule has 1 N–H and O–H groups in total. The number of aromatic nitrogens is 4. The molecule has 23 heavy (non-hydrogen) atoms. The van der Waals surface area contributed by atoms with E-state index in [1.165, 1.54) is 11.8 Å². The molecule has 1 saturated carbocycles. The summed E-state index contributed by atoms with van der Waals surface area (Å²) in [6.45, 7) is 1.88. The summed E-state index contributed by atoms with van der Waals surface area (Å²) in [6, 6.07) is 7.81. The molecule has 0 saturated heterocycles. The highest BCUT2D eigenvalue weighted by Crippen LogP contribution is 2.35. The van der Waals surface area contributed by atoms with Gasteiger partial charge in [-0.05, 0) is 42.3 Å². The summed E-state index contributed by atoms with van der Waals surface area (Å²) < 4.78 is 7.12. The van der Waals surface area contributed by atoms with Crippen LogP contribution in [0.25, 0.3) is 0 Å². The summed E-state index contributed by atoms with van der Waals surface area (Å²) in [7, 11) is 1.58. The molecule has 7 nitrogen and oxygen atoms in total. The number of methoxy groups -OCH3 is 1. The van der Waals surface area contributed by atoms with Crippen molar-refractivity contribution in [2.75, 3.05) is 12.4 Å². The lowest BCUT2D eigenvalue weighted by Gasteiger charge is -2.14. The Labute approximate surface area is 138 Å². The molecule has 0 bridgehead atoms. The first-order valence-corrected chi connectivity index (χ1v) is 8.56. The van der Waals surface area contributed by atoms with Gasteiger partial charge in [-0.15, -0.1) is 16.9 Å². The number of nitrogens with zero attached hydrogens (tertiary/aromatic N) is 4. The van der Waals surface area contributed by atoms with Crippen molar-refractivity contribution >= 4 is 23.4 Å². The summed E-state index contributed by atoms with van der Waals surface area (Å²) in [4.78, 5) is 12.3. The number of thioether (sulfide) groups is 1. The average molecular weight is 333 g/mol. The number of benzene rings is 1. The first-order valence-electron chi connectivity index (χ1n) is 7.51. The first kappa shape index (κ1) is 15.8. The maximum absolute atomic E-state index is 12.3. The molecular weight excluding hydrogens is 314 g/mol. The Bertz CT molecular complexity index is 686. The fraction of sp³-hybridized carbons (Fsp3) is 0.467. The van der Waals surface area contributed by atoms with Gasteiger partial charge >= 0.3 is 0 Å². The van der Waals surface area contributed by atoms with Gasteiger partial charge in [-0.25, -0.2) is 4.68 Å². The van der Waals surface area contributed by atoms with E-state index in [1.807, 2.05) is 35.9 Å². The molecule has 1 aliphatic rings. The SMILES string of the molecule is COc1ccccc1NC(=O)[C@@H](C)SCc1nnnn1C1CC1. The van der Waals surface area contributed by atoms with Crippen LogP contribution in [0.1, 0.15) is 31.6 Å². The molecule has 2 aromatic rings. The summed E-state index contributed by atoms with van der Waals surface area (Å²) in [5, 5.41) is 14.5. The van der Waals surface area contributed by atoms with Crippen molar-refractivity contribution < 1.29 is 9.53 Å². The molecule has 1 aromatic carbocycles. The van der Waals surface area contributed by atoms with Gasteiger partial charge in [0.05, 0.1) is 29.8 Å². The number of hydrogen-bond acceptors (Lipinski definition) is 6. The highest BCUT2D eigenvalue weighted by molar-refractivity contribution is 7.99. The third-order valence-corrected chi connectivity index (χ3v) is 4.79. The predicted molar refractivity (Wildman–Crippen MR) is 88.5 cm³/mol. The summed E-state index contributed by atoms with van der Waals surface area (Å²) >= 11 is 1.52. The zero-order valence-corrected chi connectivity index (χ0v) is 13.9. The molecule has 0 unspecified atom stereocenters. The van der Waals surface area contributed by atoms with E-state index >= 15 is 0 Å². The number of anilines is 1. The lowest BCUT2D eigenvalue weighted by Crippen LogP contribution is -2.23. The van der Waals surface area contributed by atoms with Crippen molar-refractivity contribution in [3.05, 3.63) is 30.1 Å². The number of ether oxygens (including phenoxy) is 1. The molecule has 1 aliphatic carbocycles. The van der Waals surface area contributed by atoms with Crippen LogP contribution in [0, 0.1) is 0 Å². The van der Waals surface area contributed by atoms with Gasteiger partial charge in [-0.1, -0.05) is 12.1 Å². The minimum Gasteiger partial charge on any atom is -0.495 e. The third-order valence-electron chi connectivity index (χ3n) is 3.65. The Hall–Kier alpha value is -2.09. The minimum absolute atomic E-state index is 0.0649. The average Bonchev–Trinajstić information content (AvgIpc) is 3.31. The molecule has 1 aromatic heterocycles. The van der Waals surface area contributed by atoms with Gasteiger partial charge in [0.25, 0.3) is 0 Å². The number of para-hydroxylation sites is 2. The molecule has 0 aliphatic heterocycles. The molecule has 0 radical (unpaired) electrons. The number of carbonyl (C=O) groups is 1. The van der Waals surface area contributed by atoms with Gasteiger partial charge in [0, 0.05) is 0 Å². The molecule has 122 valence electrons. The highest BCUT2D eigenvalue weighted by Gasteiger charge is 2.28. The predicted octanol–water partition coefficient (Wildman–Crippen LogP) is 2.28. The van der Waals surface area contributed by atoms with E-state index in [2.05, 4.69) is 20.8 Å². The van der Waals surface area contributed by atoms with Crippen LogP contribution in [-0.2, 0) is 10.5 Å². The van der Waals surface area contributed by atoms with E-state index in [-0.39, 0.29) is 11.2 Å². The molecule has 1 amide bonds. The Kier molecular flexibility index (Phi) is 4.80. The van der Waals surface area contributed by atoms with E-state index in [1.54, 1.807) is 7.11 Å². The van der Waals surface area contributed by atoms with Gasteiger partial charge in [-0.3, -0.25) is 4.79 Å². The fourth-order valence-electron chi connectivity index (χ4n) is 2.17. The normalized spacial score (nSPS) is 15.2. The van der Waals surface area contributed by atoms with Gasteiger partial charge in [0.15, 0.2) is 5.82 Å². The van der Waals surface area contributed by atoms with Crippen LogP contribution in [0.4, 0.5) is 5.69 Å². The fourth-order valence-corrected chi connectivity index (χ4v) is 2.97. The van der Waals surface area contributed by atoms with E-state index in [0.717, 1.165) is 18.7 Å². The van der Waals surface area contributed by atoms with E-state index in [9.17, 15) is 4.79 Å². The Morgan fingerprint density at radius 3 is 3.00 bits per heavy atom. The molecule has 1 atom stereocenters. The van der Waals surface area contributed by atoms with Crippen LogP contribution in [0.5, 0.6) is 5.75 Å². The standard InChI is InChI=1S/C15H19N5O2S/c1-10(15(21)16-12-5-3-4-6-13(12)22-2)23-9-14-17-18-19-20(14)11-7-8-11/h3-6,10-11H,7-9H2,1-2H3,(H,16,21)/t10-/m1/s1. The number of amides is 1. The highest BCUT2D eigenvalue weighted by atomic mass is 32.2. The molecule has 0 spiro atoms. The number of tetrazole rings is 1. The smallest absolute Gasteiger partial charge is 0.237 e. The topological polar surface area (TPSA) is 81.9 Å². The van der Waals surface area contributed by atoms with E-state index < -0.39 is 0 Å². The lowest BCUT2D eigenvalue weighted by atomic mass is 10.3. The largest absolute Gasteiger partial charge is 0.495 e. The van der Waals surface area contributed by atoms with Crippen molar-refractivity contribution in [2.24, 2.45) is 0 Å². The maximum atomic E-state index is 12.3. The second kappa shape index (κ2) is 6.99. The second-order valence-corrected chi connectivity index (χ2v) is 6.74. The van der Waals surface area contributed by atoms with Crippen LogP contribution in [-0.4, -0.2) is 38.5 Å². The quantitative estimate of drug-likeness (QED) is 0.837. The first-order chi connectivity index (χ1) is 11.2. The molecule has 1 fully saturated rings. The van der Waals surface area contributed by atoms with Crippen LogP contribution >= 0.6 is 11.8 Å². The van der Waals surface area contributed by atoms with E-state index in [0.29, 0.717) is 23.2 Å². The van der Waals surface area contributed by atoms with E-state index in [4.69, 9.17) is 4.74 Å². The van der Waals surface area contributed by atoms with Gasteiger partial charge < -0.3 is 10.1 Å².